The van der Waals surface area contributed by atoms with Crippen molar-refractivity contribution >= 4 is 17.4 Å². The molecule has 1 aliphatic heterocycles. The SMILES string of the molecule is CCC1(OCc2cnc(C)s2)CCN(C(=O)OC(C)(C)C)CC1. The number of nitrogens with zero attached hydrogens (tertiary/aromatic N) is 2. The molecule has 0 atom stereocenters. The zero-order chi connectivity index (χ0) is 17.1. The number of rotatable bonds is 4. The van der Waals surface area contributed by atoms with Gasteiger partial charge in [0.15, 0.2) is 0 Å². The number of carbonyl (C=O) groups is 1. The van der Waals surface area contributed by atoms with Gasteiger partial charge in [-0.1, -0.05) is 6.92 Å². The molecule has 1 aliphatic rings. The molecule has 130 valence electrons. The summed E-state index contributed by atoms with van der Waals surface area (Å²) >= 11 is 1.68. The molecule has 0 bridgehead atoms. The Morgan fingerprint density at radius 3 is 2.52 bits per heavy atom. The number of thiazole rings is 1. The van der Waals surface area contributed by atoms with Crippen LogP contribution in [0.5, 0.6) is 0 Å². The van der Waals surface area contributed by atoms with Gasteiger partial charge in [0.1, 0.15) is 5.60 Å². The van der Waals surface area contributed by atoms with E-state index in [1.165, 1.54) is 0 Å². The minimum atomic E-state index is -0.448. The molecule has 5 nitrogen and oxygen atoms in total. The van der Waals surface area contributed by atoms with Crippen LogP contribution in [-0.4, -0.2) is 40.3 Å². The van der Waals surface area contributed by atoms with Gasteiger partial charge < -0.3 is 14.4 Å². The van der Waals surface area contributed by atoms with Crippen molar-refractivity contribution < 1.29 is 14.3 Å². The molecule has 0 radical (unpaired) electrons. The summed E-state index contributed by atoms with van der Waals surface area (Å²) in [7, 11) is 0. The van der Waals surface area contributed by atoms with E-state index in [2.05, 4.69) is 11.9 Å². The lowest BCUT2D eigenvalue weighted by molar-refractivity contribution is -0.0947. The summed E-state index contributed by atoms with van der Waals surface area (Å²) in [5.41, 5.74) is -0.590. The summed E-state index contributed by atoms with van der Waals surface area (Å²) in [4.78, 5) is 19.4. The monoisotopic (exact) mass is 340 g/mol. The van der Waals surface area contributed by atoms with Crippen LogP contribution in [0, 0.1) is 6.92 Å². The molecule has 1 fully saturated rings. The Bertz CT molecular complexity index is 528. The maximum Gasteiger partial charge on any atom is 0.410 e. The topological polar surface area (TPSA) is 51.7 Å². The summed E-state index contributed by atoms with van der Waals surface area (Å²) in [6.07, 6.45) is 4.31. The summed E-state index contributed by atoms with van der Waals surface area (Å²) in [5.74, 6) is 0. The second-order valence-corrected chi connectivity index (χ2v) is 8.46. The first-order chi connectivity index (χ1) is 10.7. The van der Waals surface area contributed by atoms with Crippen LogP contribution >= 0.6 is 11.3 Å². The van der Waals surface area contributed by atoms with Gasteiger partial charge in [-0.25, -0.2) is 9.78 Å². The van der Waals surface area contributed by atoms with Gasteiger partial charge in [-0.3, -0.25) is 0 Å². The minimum Gasteiger partial charge on any atom is -0.444 e. The Labute approximate surface area is 143 Å². The van der Waals surface area contributed by atoms with Crippen molar-refractivity contribution in [3.63, 3.8) is 0 Å². The second kappa shape index (κ2) is 7.18. The summed E-state index contributed by atoms with van der Waals surface area (Å²) in [6.45, 7) is 11.8. The Hall–Kier alpha value is -1.14. The highest BCUT2D eigenvalue weighted by molar-refractivity contribution is 7.11. The molecule has 0 aliphatic carbocycles. The number of carbonyl (C=O) groups excluding carboxylic acids is 1. The minimum absolute atomic E-state index is 0.142. The lowest BCUT2D eigenvalue weighted by Gasteiger charge is -2.41. The lowest BCUT2D eigenvalue weighted by Crippen LogP contribution is -2.49. The van der Waals surface area contributed by atoms with Crippen LogP contribution in [0.25, 0.3) is 0 Å². The average Bonchev–Trinajstić information content (AvgIpc) is 2.89. The molecule has 1 aromatic heterocycles. The largest absolute Gasteiger partial charge is 0.444 e. The number of aryl methyl sites for hydroxylation is 1. The maximum absolute atomic E-state index is 12.2. The molecule has 23 heavy (non-hydrogen) atoms. The molecule has 0 unspecified atom stereocenters. The molecule has 2 heterocycles. The molecule has 0 aromatic carbocycles. The van der Waals surface area contributed by atoms with Crippen LogP contribution in [0.3, 0.4) is 0 Å². The Morgan fingerprint density at radius 2 is 2.04 bits per heavy atom. The highest BCUT2D eigenvalue weighted by Gasteiger charge is 2.36. The van der Waals surface area contributed by atoms with Gasteiger partial charge in [-0.2, -0.15) is 0 Å². The normalized spacial score (nSPS) is 18.0. The molecular formula is C17H28N2O3S. The number of hydrogen-bond donors (Lipinski definition) is 0. The van der Waals surface area contributed by atoms with E-state index in [1.54, 1.807) is 16.2 Å². The van der Waals surface area contributed by atoms with Gasteiger partial charge in [0.2, 0.25) is 0 Å². The van der Waals surface area contributed by atoms with Crippen LogP contribution in [0.1, 0.15) is 56.8 Å². The molecule has 1 aromatic rings. The van der Waals surface area contributed by atoms with E-state index in [0.717, 1.165) is 29.1 Å². The third-order valence-electron chi connectivity index (χ3n) is 4.16. The van der Waals surface area contributed by atoms with Crippen LogP contribution in [0.15, 0.2) is 6.20 Å². The zero-order valence-electron chi connectivity index (χ0n) is 14.8. The van der Waals surface area contributed by atoms with Crippen molar-refractivity contribution in [3.8, 4) is 0 Å². The highest BCUT2D eigenvalue weighted by Crippen LogP contribution is 2.32. The van der Waals surface area contributed by atoms with E-state index in [-0.39, 0.29) is 11.7 Å². The van der Waals surface area contributed by atoms with Crippen molar-refractivity contribution in [1.29, 1.82) is 0 Å². The number of amides is 1. The molecule has 0 saturated carbocycles. The first-order valence-corrected chi connectivity index (χ1v) is 9.08. The van der Waals surface area contributed by atoms with E-state index in [4.69, 9.17) is 9.47 Å². The Kier molecular flexibility index (Phi) is 5.68. The summed E-state index contributed by atoms with van der Waals surface area (Å²) < 4.78 is 11.7. The van der Waals surface area contributed by atoms with Gasteiger partial charge in [-0.15, -0.1) is 11.3 Å². The molecular weight excluding hydrogens is 312 g/mol. The van der Waals surface area contributed by atoms with Crippen LogP contribution in [0.2, 0.25) is 0 Å². The Morgan fingerprint density at radius 1 is 1.39 bits per heavy atom. The molecule has 2 rings (SSSR count). The number of likely N-dealkylation sites (tertiary alicyclic amines) is 1. The van der Waals surface area contributed by atoms with Crippen molar-refractivity contribution in [2.45, 2.75) is 71.7 Å². The first kappa shape index (κ1) is 18.2. The van der Waals surface area contributed by atoms with E-state index >= 15 is 0 Å². The molecule has 1 amide bonds. The van der Waals surface area contributed by atoms with Crippen molar-refractivity contribution in [1.82, 2.24) is 9.88 Å². The van der Waals surface area contributed by atoms with Gasteiger partial charge in [-0.05, 0) is 47.0 Å². The van der Waals surface area contributed by atoms with Gasteiger partial charge in [0.25, 0.3) is 0 Å². The fourth-order valence-electron chi connectivity index (χ4n) is 2.72. The third kappa shape index (κ3) is 5.18. The summed E-state index contributed by atoms with van der Waals surface area (Å²) in [6, 6.07) is 0. The fraction of sp³-hybridized carbons (Fsp3) is 0.765. The standard InChI is InChI=1S/C17H28N2O3S/c1-6-17(21-12-14-11-18-13(2)23-14)7-9-19(10-8-17)15(20)22-16(3,4)5/h11H,6-10,12H2,1-5H3. The summed E-state index contributed by atoms with van der Waals surface area (Å²) in [5, 5.41) is 1.06. The van der Waals surface area contributed by atoms with E-state index in [1.807, 2.05) is 33.9 Å². The zero-order valence-corrected chi connectivity index (χ0v) is 15.7. The predicted molar refractivity (Wildman–Crippen MR) is 91.7 cm³/mol. The van der Waals surface area contributed by atoms with Crippen molar-refractivity contribution in [2.24, 2.45) is 0 Å². The molecule has 0 spiro atoms. The van der Waals surface area contributed by atoms with E-state index in [0.29, 0.717) is 19.7 Å². The van der Waals surface area contributed by atoms with Crippen molar-refractivity contribution in [2.75, 3.05) is 13.1 Å². The van der Waals surface area contributed by atoms with Gasteiger partial charge >= 0.3 is 6.09 Å². The van der Waals surface area contributed by atoms with Crippen LogP contribution in [-0.2, 0) is 16.1 Å². The first-order valence-electron chi connectivity index (χ1n) is 8.26. The highest BCUT2D eigenvalue weighted by atomic mass is 32.1. The quantitative estimate of drug-likeness (QED) is 0.826. The van der Waals surface area contributed by atoms with E-state index < -0.39 is 5.60 Å². The van der Waals surface area contributed by atoms with E-state index in [9.17, 15) is 4.79 Å². The molecule has 6 heteroatoms. The average molecular weight is 340 g/mol. The van der Waals surface area contributed by atoms with Gasteiger partial charge in [0, 0.05) is 19.3 Å². The lowest BCUT2D eigenvalue weighted by atomic mass is 9.88. The molecule has 0 N–H and O–H groups in total. The number of ether oxygens (including phenoxy) is 2. The van der Waals surface area contributed by atoms with Crippen molar-refractivity contribution in [3.05, 3.63) is 16.1 Å². The van der Waals surface area contributed by atoms with Crippen LogP contribution in [0.4, 0.5) is 4.79 Å². The van der Waals surface area contributed by atoms with Crippen LogP contribution < -0.4 is 0 Å². The number of aromatic nitrogens is 1. The molecule has 1 saturated heterocycles. The number of hydrogen-bond acceptors (Lipinski definition) is 5. The fourth-order valence-corrected chi connectivity index (χ4v) is 3.43. The third-order valence-corrected chi connectivity index (χ3v) is 5.05. The smallest absolute Gasteiger partial charge is 0.410 e. The number of piperidine rings is 1. The second-order valence-electron chi connectivity index (χ2n) is 7.14. The maximum atomic E-state index is 12.2. The predicted octanol–water partition coefficient (Wildman–Crippen LogP) is 4.15. The Balaban J connectivity index is 1.87. The van der Waals surface area contributed by atoms with Gasteiger partial charge in [0.05, 0.1) is 22.1 Å².